The topological polar surface area (TPSA) is 88.6 Å². The first-order valence-corrected chi connectivity index (χ1v) is 6.82. The summed E-state index contributed by atoms with van der Waals surface area (Å²) in [5.74, 6) is -0.781. The SMILES string of the molecule is N/C(=N\N1C(=O)C2CCCCC2C1=O)c1ccccn1. The lowest BCUT2D eigenvalue weighted by molar-refractivity contribution is -0.139. The van der Waals surface area contributed by atoms with E-state index < -0.39 is 0 Å². The maximum Gasteiger partial charge on any atom is 0.253 e. The van der Waals surface area contributed by atoms with Crippen molar-refractivity contribution in [2.24, 2.45) is 22.7 Å². The minimum absolute atomic E-state index is 0.0888. The van der Waals surface area contributed by atoms with Crippen LogP contribution in [0.2, 0.25) is 0 Å². The van der Waals surface area contributed by atoms with E-state index in [1.54, 1.807) is 24.4 Å². The van der Waals surface area contributed by atoms with Crippen LogP contribution in [0.5, 0.6) is 0 Å². The molecule has 1 aromatic rings. The molecule has 3 rings (SSSR count). The zero-order valence-electron chi connectivity index (χ0n) is 11.0. The van der Waals surface area contributed by atoms with Crippen LogP contribution < -0.4 is 5.73 Å². The second kappa shape index (κ2) is 5.03. The van der Waals surface area contributed by atoms with Gasteiger partial charge in [0.15, 0.2) is 5.84 Å². The van der Waals surface area contributed by atoms with Gasteiger partial charge in [-0.1, -0.05) is 18.9 Å². The maximum atomic E-state index is 12.2. The van der Waals surface area contributed by atoms with Crippen LogP contribution in [0, 0.1) is 11.8 Å². The summed E-state index contributed by atoms with van der Waals surface area (Å²) < 4.78 is 0. The molecule has 2 amide bonds. The zero-order valence-corrected chi connectivity index (χ0v) is 11.0. The average molecular weight is 272 g/mol. The van der Waals surface area contributed by atoms with Gasteiger partial charge in [-0.05, 0) is 25.0 Å². The third-order valence-electron chi connectivity index (χ3n) is 3.95. The van der Waals surface area contributed by atoms with Crippen molar-refractivity contribution in [1.29, 1.82) is 0 Å². The van der Waals surface area contributed by atoms with Crippen molar-refractivity contribution in [1.82, 2.24) is 9.99 Å². The molecule has 6 nitrogen and oxygen atoms in total. The summed E-state index contributed by atoms with van der Waals surface area (Å²) in [7, 11) is 0. The number of amides is 2. The van der Waals surface area contributed by atoms with Gasteiger partial charge in [0.2, 0.25) is 0 Å². The highest BCUT2D eigenvalue weighted by molar-refractivity contribution is 6.07. The van der Waals surface area contributed by atoms with Gasteiger partial charge in [-0.3, -0.25) is 14.6 Å². The Balaban J connectivity index is 1.87. The first-order chi connectivity index (χ1) is 9.68. The Bertz CT molecular complexity index is 546. The maximum absolute atomic E-state index is 12.2. The van der Waals surface area contributed by atoms with Gasteiger partial charge in [-0.2, -0.15) is 5.01 Å². The molecule has 1 aliphatic carbocycles. The number of hydrogen-bond donors (Lipinski definition) is 1. The van der Waals surface area contributed by atoms with E-state index >= 15 is 0 Å². The predicted molar refractivity (Wildman–Crippen MR) is 72.3 cm³/mol. The van der Waals surface area contributed by atoms with Crippen LogP contribution in [0.1, 0.15) is 31.4 Å². The first-order valence-electron chi connectivity index (χ1n) is 6.82. The van der Waals surface area contributed by atoms with Crippen molar-refractivity contribution in [2.75, 3.05) is 0 Å². The van der Waals surface area contributed by atoms with E-state index in [2.05, 4.69) is 10.1 Å². The third-order valence-corrected chi connectivity index (χ3v) is 3.95. The molecule has 0 radical (unpaired) electrons. The smallest absolute Gasteiger partial charge is 0.253 e. The predicted octanol–water partition coefficient (Wildman–Crippen LogP) is 0.877. The number of carbonyl (C=O) groups excluding carboxylic acids is 2. The minimum atomic E-state index is -0.224. The zero-order chi connectivity index (χ0) is 14.1. The molecule has 1 aliphatic heterocycles. The van der Waals surface area contributed by atoms with Crippen LogP contribution in [0.4, 0.5) is 0 Å². The molecule has 1 aromatic heterocycles. The summed E-state index contributed by atoms with van der Waals surface area (Å²) in [5.41, 5.74) is 6.29. The quantitative estimate of drug-likeness (QED) is 0.491. The molecule has 0 spiro atoms. The van der Waals surface area contributed by atoms with Crippen molar-refractivity contribution in [3.8, 4) is 0 Å². The van der Waals surface area contributed by atoms with Crippen molar-refractivity contribution >= 4 is 17.6 Å². The number of carbonyl (C=O) groups is 2. The summed E-state index contributed by atoms with van der Waals surface area (Å²) in [6.07, 6.45) is 5.11. The van der Waals surface area contributed by atoms with E-state index in [0.717, 1.165) is 30.7 Å². The molecule has 1 saturated heterocycles. The molecule has 104 valence electrons. The van der Waals surface area contributed by atoms with E-state index in [1.807, 2.05) is 0 Å². The Labute approximate surface area is 116 Å². The second-order valence-electron chi connectivity index (χ2n) is 5.19. The van der Waals surface area contributed by atoms with E-state index in [9.17, 15) is 9.59 Å². The molecular formula is C14H16N4O2. The molecule has 2 unspecified atom stereocenters. The Morgan fingerprint density at radius 3 is 2.40 bits per heavy atom. The van der Waals surface area contributed by atoms with Gasteiger partial charge in [-0.25, -0.2) is 0 Å². The fourth-order valence-electron chi connectivity index (χ4n) is 2.92. The molecule has 20 heavy (non-hydrogen) atoms. The van der Waals surface area contributed by atoms with Gasteiger partial charge >= 0.3 is 0 Å². The van der Waals surface area contributed by atoms with E-state index in [0.29, 0.717) is 5.69 Å². The Hall–Kier alpha value is -2.24. The fraction of sp³-hybridized carbons (Fsp3) is 0.429. The highest BCUT2D eigenvalue weighted by Crippen LogP contribution is 2.38. The number of fused-ring (bicyclic) bond motifs is 1. The summed E-state index contributed by atoms with van der Waals surface area (Å²) in [6, 6.07) is 5.23. The van der Waals surface area contributed by atoms with Crippen molar-refractivity contribution < 1.29 is 9.59 Å². The molecule has 0 aromatic carbocycles. The minimum Gasteiger partial charge on any atom is -0.380 e. The molecule has 2 fully saturated rings. The van der Waals surface area contributed by atoms with Crippen molar-refractivity contribution in [3.63, 3.8) is 0 Å². The number of nitrogens with two attached hydrogens (primary N) is 1. The standard InChI is InChI=1S/C14H16N4O2/c15-12(11-7-3-4-8-16-11)17-18-13(19)9-5-1-2-6-10(9)14(18)20/h3-4,7-10H,1-2,5-6H2,(H2,15,17). The average Bonchev–Trinajstić information content (AvgIpc) is 2.74. The number of amidine groups is 1. The molecule has 2 N–H and O–H groups in total. The van der Waals surface area contributed by atoms with Crippen LogP contribution in [0.3, 0.4) is 0 Å². The summed E-state index contributed by atoms with van der Waals surface area (Å²) in [4.78, 5) is 28.5. The number of aromatic nitrogens is 1. The summed E-state index contributed by atoms with van der Waals surface area (Å²) in [5, 5.41) is 4.95. The third kappa shape index (κ3) is 2.07. The summed E-state index contributed by atoms with van der Waals surface area (Å²) >= 11 is 0. The monoisotopic (exact) mass is 272 g/mol. The van der Waals surface area contributed by atoms with Crippen LogP contribution >= 0.6 is 0 Å². The molecule has 2 atom stereocenters. The highest BCUT2D eigenvalue weighted by Gasteiger charge is 2.48. The molecule has 6 heteroatoms. The number of imide groups is 1. The Morgan fingerprint density at radius 2 is 1.85 bits per heavy atom. The molecule has 1 saturated carbocycles. The lowest BCUT2D eigenvalue weighted by Gasteiger charge is -2.19. The van der Waals surface area contributed by atoms with Gasteiger partial charge in [0, 0.05) is 6.20 Å². The number of pyridine rings is 1. The largest absolute Gasteiger partial charge is 0.380 e. The normalized spacial score (nSPS) is 26.8. The number of hydrazone groups is 1. The lowest BCUT2D eigenvalue weighted by Crippen LogP contribution is -2.30. The molecule has 0 bridgehead atoms. The number of hydrogen-bond acceptors (Lipinski definition) is 4. The molecule has 2 aliphatic rings. The van der Waals surface area contributed by atoms with Crippen LogP contribution in [-0.2, 0) is 9.59 Å². The number of nitrogens with zero attached hydrogens (tertiary/aromatic N) is 3. The molecular weight excluding hydrogens is 256 g/mol. The van der Waals surface area contributed by atoms with Crippen molar-refractivity contribution in [3.05, 3.63) is 30.1 Å². The second-order valence-corrected chi connectivity index (χ2v) is 5.19. The summed E-state index contributed by atoms with van der Waals surface area (Å²) in [6.45, 7) is 0. The lowest BCUT2D eigenvalue weighted by atomic mass is 9.81. The Kier molecular flexibility index (Phi) is 3.22. The van der Waals surface area contributed by atoms with Crippen LogP contribution in [0.25, 0.3) is 0 Å². The van der Waals surface area contributed by atoms with Gasteiger partial charge < -0.3 is 5.73 Å². The molecule has 2 heterocycles. The first kappa shape index (κ1) is 12.8. The van der Waals surface area contributed by atoms with Gasteiger partial charge in [-0.15, -0.1) is 5.10 Å². The van der Waals surface area contributed by atoms with E-state index in [-0.39, 0.29) is 29.5 Å². The fourth-order valence-corrected chi connectivity index (χ4v) is 2.92. The van der Waals surface area contributed by atoms with E-state index in [1.165, 1.54) is 0 Å². The van der Waals surface area contributed by atoms with E-state index in [4.69, 9.17) is 5.73 Å². The Morgan fingerprint density at radius 1 is 1.20 bits per heavy atom. The van der Waals surface area contributed by atoms with Crippen LogP contribution in [0.15, 0.2) is 29.5 Å². The highest BCUT2D eigenvalue weighted by atomic mass is 16.2. The van der Waals surface area contributed by atoms with Gasteiger partial charge in [0.1, 0.15) is 5.69 Å². The van der Waals surface area contributed by atoms with Crippen LogP contribution in [-0.4, -0.2) is 27.6 Å². The van der Waals surface area contributed by atoms with Crippen molar-refractivity contribution in [2.45, 2.75) is 25.7 Å². The number of rotatable bonds is 2. The van der Waals surface area contributed by atoms with Gasteiger partial charge in [0.05, 0.1) is 11.8 Å². The van der Waals surface area contributed by atoms with Gasteiger partial charge in [0.25, 0.3) is 11.8 Å².